The summed E-state index contributed by atoms with van der Waals surface area (Å²) in [6.07, 6.45) is 9.97. The van der Waals surface area contributed by atoms with Crippen LogP contribution >= 0.6 is 0 Å². The zero-order valence-electron chi connectivity index (χ0n) is 18.7. The molecule has 0 N–H and O–H groups in total. The number of nitrogens with zero attached hydrogens (tertiary/aromatic N) is 5. The van der Waals surface area contributed by atoms with Crippen molar-refractivity contribution < 1.29 is 4.74 Å². The highest BCUT2D eigenvalue weighted by atomic mass is 16.5. The molecule has 0 spiro atoms. The Labute approximate surface area is 188 Å². The largest absolute Gasteiger partial charge is 0.495 e. The molecule has 0 bridgehead atoms. The summed E-state index contributed by atoms with van der Waals surface area (Å²) < 4.78 is 9.72. The maximum Gasteiger partial charge on any atom is 0.174 e. The third-order valence-corrected chi connectivity index (χ3v) is 6.08. The molecule has 0 amide bonds. The molecular formula is C26H27N5O. The van der Waals surface area contributed by atoms with Crippen LogP contribution in [-0.2, 0) is 6.54 Å². The van der Waals surface area contributed by atoms with Crippen LogP contribution in [0.25, 0.3) is 17.8 Å². The van der Waals surface area contributed by atoms with E-state index < -0.39 is 0 Å². The number of ether oxygens (including phenoxy) is 1. The standard InChI is InChI=1S/C26H27N5O/c1-18-6-10-21(11-7-18)22-5-4-15-31-26(22)28-25(29-31)13-9-20-8-12-23(24(17-20)32-3)30-16-14-27-19(30)2/h6-14,16-17,22H,4-5,15H2,1-3H3/b13-9+. The Morgan fingerprint density at radius 2 is 1.91 bits per heavy atom. The summed E-state index contributed by atoms with van der Waals surface area (Å²) in [7, 11) is 1.69. The van der Waals surface area contributed by atoms with E-state index in [1.54, 1.807) is 13.3 Å². The van der Waals surface area contributed by atoms with Crippen LogP contribution in [0.2, 0.25) is 0 Å². The molecule has 2 aromatic heterocycles. The average Bonchev–Trinajstić information content (AvgIpc) is 3.43. The Morgan fingerprint density at radius 3 is 2.66 bits per heavy atom. The predicted octanol–water partition coefficient (Wildman–Crippen LogP) is 5.19. The van der Waals surface area contributed by atoms with Gasteiger partial charge in [-0.1, -0.05) is 42.0 Å². The fourth-order valence-electron chi connectivity index (χ4n) is 4.35. The van der Waals surface area contributed by atoms with Crippen LogP contribution in [0.1, 0.15) is 52.9 Å². The van der Waals surface area contributed by atoms with Crippen LogP contribution in [0.15, 0.2) is 54.9 Å². The summed E-state index contributed by atoms with van der Waals surface area (Å²) in [5, 5.41) is 4.75. The topological polar surface area (TPSA) is 57.8 Å². The summed E-state index contributed by atoms with van der Waals surface area (Å²) in [6, 6.07) is 14.9. The minimum absolute atomic E-state index is 0.303. The van der Waals surface area contributed by atoms with Gasteiger partial charge in [-0.2, -0.15) is 5.10 Å². The van der Waals surface area contributed by atoms with Crippen molar-refractivity contribution in [3.05, 3.63) is 89.0 Å². The first-order valence-corrected chi connectivity index (χ1v) is 11.0. The van der Waals surface area contributed by atoms with Gasteiger partial charge in [0.2, 0.25) is 0 Å². The predicted molar refractivity (Wildman–Crippen MR) is 126 cm³/mol. The van der Waals surface area contributed by atoms with E-state index in [0.29, 0.717) is 5.92 Å². The number of hydrogen-bond acceptors (Lipinski definition) is 4. The second kappa shape index (κ2) is 8.46. The lowest BCUT2D eigenvalue weighted by Crippen LogP contribution is -2.17. The quantitative estimate of drug-likeness (QED) is 0.442. The molecular weight excluding hydrogens is 398 g/mol. The summed E-state index contributed by atoms with van der Waals surface area (Å²) in [5.74, 6) is 3.82. The van der Waals surface area contributed by atoms with Crippen LogP contribution in [0.5, 0.6) is 5.75 Å². The van der Waals surface area contributed by atoms with Gasteiger partial charge in [0.25, 0.3) is 0 Å². The van der Waals surface area contributed by atoms with Gasteiger partial charge in [0, 0.05) is 24.9 Å². The van der Waals surface area contributed by atoms with E-state index in [9.17, 15) is 0 Å². The second-order valence-electron chi connectivity index (χ2n) is 8.27. The van der Waals surface area contributed by atoms with Crippen LogP contribution < -0.4 is 4.74 Å². The number of aryl methyl sites for hydroxylation is 3. The van der Waals surface area contributed by atoms with Crippen molar-refractivity contribution in [2.45, 2.75) is 39.2 Å². The highest BCUT2D eigenvalue weighted by Crippen LogP contribution is 2.32. The van der Waals surface area contributed by atoms with Crippen LogP contribution in [-0.4, -0.2) is 31.4 Å². The van der Waals surface area contributed by atoms with Crippen molar-refractivity contribution in [1.29, 1.82) is 0 Å². The van der Waals surface area contributed by atoms with Gasteiger partial charge in [0.1, 0.15) is 17.4 Å². The van der Waals surface area contributed by atoms with Crippen molar-refractivity contribution in [2.24, 2.45) is 0 Å². The molecule has 6 heteroatoms. The lowest BCUT2D eigenvalue weighted by atomic mass is 9.91. The number of aromatic nitrogens is 5. The molecule has 0 aliphatic carbocycles. The van der Waals surface area contributed by atoms with Gasteiger partial charge in [-0.3, -0.25) is 0 Å². The molecule has 162 valence electrons. The highest BCUT2D eigenvalue weighted by molar-refractivity contribution is 5.69. The van der Waals surface area contributed by atoms with Gasteiger partial charge < -0.3 is 9.30 Å². The first-order chi connectivity index (χ1) is 15.6. The fourth-order valence-corrected chi connectivity index (χ4v) is 4.35. The Kier molecular flexibility index (Phi) is 5.35. The monoisotopic (exact) mass is 425 g/mol. The molecule has 1 aliphatic rings. The fraction of sp³-hybridized carbons (Fsp3) is 0.269. The average molecular weight is 426 g/mol. The van der Waals surface area contributed by atoms with Gasteiger partial charge in [-0.15, -0.1) is 0 Å². The first-order valence-electron chi connectivity index (χ1n) is 11.0. The SMILES string of the molecule is COc1cc(/C=C/c2nc3n(n2)CCCC3c2ccc(C)cc2)ccc1-n1ccnc1C. The van der Waals surface area contributed by atoms with Crippen LogP contribution in [0, 0.1) is 13.8 Å². The molecule has 6 nitrogen and oxygen atoms in total. The van der Waals surface area contributed by atoms with E-state index in [-0.39, 0.29) is 0 Å². The van der Waals surface area contributed by atoms with E-state index in [0.717, 1.165) is 53.9 Å². The number of imidazole rings is 1. The summed E-state index contributed by atoms with van der Waals surface area (Å²) in [5.41, 5.74) is 4.59. The van der Waals surface area contributed by atoms with E-state index in [4.69, 9.17) is 14.8 Å². The van der Waals surface area contributed by atoms with E-state index in [1.807, 2.05) is 42.0 Å². The Morgan fingerprint density at radius 1 is 1.06 bits per heavy atom. The lowest BCUT2D eigenvalue weighted by molar-refractivity contribution is 0.412. The smallest absolute Gasteiger partial charge is 0.174 e. The molecule has 5 rings (SSSR count). The van der Waals surface area contributed by atoms with Crippen molar-refractivity contribution in [2.75, 3.05) is 7.11 Å². The Balaban J connectivity index is 1.41. The zero-order chi connectivity index (χ0) is 22.1. The lowest BCUT2D eigenvalue weighted by Gasteiger charge is -2.22. The molecule has 0 radical (unpaired) electrons. The van der Waals surface area contributed by atoms with Crippen LogP contribution in [0.4, 0.5) is 0 Å². The third kappa shape index (κ3) is 3.84. The maximum atomic E-state index is 5.64. The van der Waals surface area contributed by atoms with E-state index >= 15 is 0 Å². The van der Waals surface area contributed by atoms with Gasteiger partial charge in [0.15, 0.2) is 5.82 Å². The minimum Gasteiger partial charge on any atom is -0.495 e. The third-order valence-electron chi connectivity index (χ3n) is 6.08. The second-order valence-corrected chi connectivity index (χ2v) is 8.27. The molecule has 3 heterocycles. The van der Waals surface area contributed by atoms with Gasteiger partial charge >= 0.3 is 0 Å². The summed E-state index contributed by atoms with van der Waals surface area (Å²) in [6.45, 7) is 5.02. The zero-order valence-corrected chi connectivity index (χ0v) is 18.7. The van der Waals surface area contributed by atoms with Crippen molar-refractivity contribution in [3.8, 4) is 11.4 Å². The highest BCUT2D eigenvalue weighted by Gasteiger charge is 2.25. The van der Waals surface area contributed by atoms with Gasteiger partial charge in [-0.25, -0.2) is 14.6 Å². The Bertz CT molecular complexity index is 1270. The number of rotatable bonds is 5. The van der Waals surface area contributed by atoms with E-state index in [1.165, 1.54) is 11.1 Å². The molecule has 4 aromatic rings. The molecule has 0 saturated heterocycles. The summed E-state index contributed by atoms with van der Waals surface area (Å²) in [4.78, 5) is 9.19. The van der Waals surface area contributed by atoms with E-state index in [2.05, 4.69) is 46.9 Å². The molecule has 1 atom stereocenters. The molecule has 1 unspecified atom stereocenters. The number of methoxy groups -OCH3 is 1. The molecule has 0 fully saturated rings. The summed E-state index contributed by atoms with van der Waals surface area (Å²) >= 11 is 0. The van der Waals surface area contributed by atoms with Crippen molar-refractivity contribution >= 4 is 12.2 Å². The van der Waals surface area contributed by atoms with Crippen molar-refractivity contribution in [3.63, 3.8) is 0 Å². The normalized spacial score (nSPS) is 15.8. The molecule has 2 aromatic carbocycles. The molecule has 1 aliphatic heterocycles. The number of hydrogen-bond donors (Lipinski definition) is 0. The first kappa shape index (κ1) is 20.2. The molecule has 0 saturated carbocycles. The number of benzene rings is 2. The van der Waals surface area contributed by atoms with Crippen molar-refractivity contribution in [1.82, 2.24) is 24.3 Å². The van der Waals surface area contributed by atoms with Gasteiger partial charge in [0.05, 0.1) is 12.8 Å². The minimum atomic E-state index is 0.303. The molecule has 32 heavy (non-hydrogen) atoms. The van der Waals surface area contributed by atoms with Gasteiger partial charge in [-0.05, 0) is 56.0 Å². The van der Waals surface area contributed by atoms with Crippen LogP contribution in [0.3, 0.4) is 0 Å². The number of fused-ring (bicyclic) bond motifs is 1. The maximum absolute atomic E-state index is 5.64. The Hall–Kier alpha value is -3.67.